The van der Waals surface area contributed by atoms with Crippen molar-refractivity contribution in [1.29, 1.82) is 0 Å². The quantitative estimate of drug-likeness (QED) is 0.636. The Balaban J connectivity index is 2.41. The lowest BCUT2D eigenvalue weighted by molar-refractivity contribution is -0.143. The number of hydrogen-bond donors (Lipinski definition) is 1. The van der Waals surface area contributed by atoms with Crippen molar-refractivity contribution in [3.05, 3.63) is 34.9 Å². The molecule has 1 aromatic carbocycles. The topological polar surface area (TPSA) is 58.9 Å². The van der Waals surface area contributed by atoms with Gasteiger partial charge in [0, 0.05) is 5.02 Å². The predicted molar refractivity (Wildman–Crippen MR) is 61.8 cm³/mol. The molecule has 1 atom stereocenters. The van der Waals surface area contributed by atoms with Gasteiger partial charge in [0.05, 0.1) is 12.1 Å². The molecule has 0 heterocycles. The third-order valence-electron chi connectivity index (χ3n) is 1.87. The van der Waals surface area contributed by atoms with Gasteiger partial charge in [-0.1, -0.05) is 28.9 Å². The Bertz CT molecular complexity index is 393. The zero-order valence-electron chi connectivity index (χ0n) is 8.76. The van der Waals surface area contributed by atoms with Crippen LogP contribution in [0.15, 0.2) is 29.4 Å². The van der Waals surface area contributed by atoms with E-state index in [0.29, 0.717) is 5.02 Å². The molecule has 0 bridgehead atoms. The van der Waals surface area contributed by atoms with Crippen molar-refractivity contribution >= 4 is 23.8 Å². The number of carboxylic acids is 1. The number of nitrogens with zero attached hydrogens (tertiary/aromatic N) is 1. The molecule has 0 fully saturated rings. The van der Waals surface area contributed by atoms with Gasteiger partial charge in [-0.2, -0.15) is 0 Å². The second-order valence-corrected chi connectivity index (χ2v) is 3.76. The van der Waals surface area contributed by atoms with Crippen LogP contribution in [0.25, 0.3) is 0 Å². The zero-order valence-corrected chi connectivity index (χ0v) is 9.52. The number of rotatable bonds is 5. The highest BCUT2D eigenvalue weighted by Crippen LogP contribution is 2.08. The van der Waals surface area contributed by atoms with Gasteiger partial charge < -0.3 is 9.94 Å². The molecule has 0 aliphatic heterocycles. The Morgan fingerprint density at radius 3 is 3.06 bits per heavy atom. The Kier molecular flexibility index (Phi) is 4.79. The molecule has 0 saturated carbocycles. The molecular formula is C11H12ClNO3. The van der Waals surface area contributed by atoms with E-state index in [0.717, 1.165) is 5.56 Å². The summed E-state index contributed by atoms with van der Waals surface area (Å²) in [6.07, 6.45) is 1.49. The number of carbonyl (C=O) groups is 1. The van der Waals surface area contributed by atoms with Crippen LogP contribution in [-0.4, -0.2) is 23.9 Å². The minimum absolute atomic E-state index is 0.0480. The minimum Gasteiger partial charge on any atom is -0.481 e. The molecule has 86 valence electrons. The van der Waals surface area contributed by atoms with Gasteiger partial charge in [-0.3, -0.25) is 4.79 Å². The number of oxime groups is 1. The molecule has 0 aliphatic rings. The maximum atomic E-state index is 10.5. The van der Waals surface area contributed by atoms with Crippen LogP contribution >= 0.6 is 11.6 Å². The average Bonchev–Trinajstić information content (AvgIpc) is 2.24. The van der Waals surface area contributed by atoms with Gasteiger partial charge in [-0.15, -0.1) is 0 Å². The highest BCUT2D eigenvalue weighted by molar-refractivity contribution is 6.30. The standard InChI is InChI=1S/C11H12ClNO3/c1-8(11(14)15)7-16-13-6-9-3-2-4-10(12)5-9/h2-6,8H,7H2,1H3,(H,14,15)/b13-6+/t8-/m0/s1. The second kappa shape index (κ2) is 6.12. The Morgan fingerprint density at radius 1 is 1.69 bits per heavy atom. The van der Waals surface area contributed by atoms with Crippen molar-refractivity contribution in [3.63, 3.8) is 0 Å². The van der Waals surface area contributed by atoms with Crippen molar-refractivity contribution < 1.29 is 14.7 Å². The van der Waals surface area contributed by atoms with Crippen LogP contribution in [0, 0.1) is 5.92 Å². The van der Waals surface area contributed by atoms with Crippen LogP contribution in [0.4, 0.5) is 0 Å². The van der Waals surface area contributed by atoms with E-state index in [4.69, 9.17) is 21.5 Å². The van der Waals surface area contributed by atoms with E-state index in [1.807, 2.05) is 6.07 Å². The molecule has 1 aromatic rings. The Morgan fingerprint density at radius 2 is 2.44 bits per heavy atom. The van der Waals surface area contributed by atoms with Crippen LogP contribution in [0.5, 0.6) is 0 Å². The van der Waals surface area contributed by atoms with Crippen molar-refractivity contribution in [3.8, 4) is 0 Å². The van der Waals surface area contributed by atoms with E-state index in [1.54, 1.807) is 25.1 Å². The normalized spacial score (nSPS) is 12.6. The summed E-state index contributed by atoms with van der Waals surface area (Å²) in [4.78, 5) is 15.3. The number of halogens is 1. The molecule has 1 rings (SSSR count). The van der Waals surface area contributed by atoms with Crippen LogP contribution in [0.1, 0.15) is 12.5 Å². The predicted octanol–water partition coefficient (Wildman–Crippen LogP) is 2.41. The number of benzene rings is 1. The van der Waals surface area contributed by atoms with Crippen molar-refractivity contribution in [1.82, 2.24) is 0 Å². The number of hydrogen-bond acceptors (Lipinski definition) is 3. The van der Waals surface area contributed by atoms with E-state index in [9.17, 15) is 4.79 Å². The fraction of sp³-hybridized carbons (Fsp3) is 0.273. The lowest BCUT2D eigenvalue weighted by Crippen LogP contribution is -2.14. The summed E-state index contributed by atoms with van der Waals surface area (Å²) in [6, 6.07) is 7.10. The summed E-state index contributed by atoms with van der Waals surface area (Å²) < 4.78 is 0. The molecule has 0 radical (unpaired) electrons. The van der Waals surface area contributed by atoms with Crippen LogP contribution in [0.2, 0.25) is 5.02 Å². The van der Waals surface area contributed by atoms with Crippen LogP contribution in [-0.2, 0) is 9.63 Å². The Hall–Kier alpha value is -1.55. The molecular weight excluding hydrogens is 230 g/mol. The van der Waals surface area contributed by atoms with Crippen molar-refractivity contribution in [2.45, 2.75) is 6.92 Å². The lowest BCUT2D eigenvalue weighted by Gasteiger charge is -2.02. The average molecular weight is 242 g/mol. The summed E-state index contributed by atoms with van der Waals surface area (Å²) in [7, 11) is 0. The molecule has 0 spiro atoms. The first-order chi connectivity index (χ1) is 7.59. The molecule has 1 N–H and O–H groups in total. The second-order valence-electron chi connectivity index (χ2n) is 3.32. The molecule has 5 heteroatoms. The van der Waals surface area contributed by atoms with Crippen molar-refractivity contribution in [2.24, 2.45) is 11.1 Å². The lowest BCUT2D eigenvalue weighted by atomic mass is 10.2. The van der Waals surface area contributed by atoms with Gasteiger partial charge in [0.25, 0.3) is 0 Å². The third-order valence-corrected chi connectivity index (χ3v) is 2.11. The minimum atomic E-state index is -0.905. The number of aliphatic carboxylic acids is 1. The maximum Gasteiger partial charge on any atom is 0.309 e. The maximum absolute atomic E-state index is 10.5. The first-order valence-corrected chi connectivity index (χ1v) is 5.11. The van der Waals surface area contributed by atoms with Gasteiger partial charge in [0.15, 0.2) is 0 Å². The molecule has 0 saturated heterocycles. The van der Waals surface area contributed by atoms with Gasteiger partial charge in [0.1, 0.15) is 6.61 Å². The van der Waals surface area contributed by atoms with E-state index in [1.165, 1.54) is 6.21 Å². The van der Waals surface area contributed by atoms with Gasteiger partial charge in [0.2, 0.25) is 0 Å². The molecule has 0 unspecified atom stereocenters. The van der Waals surface area contributed by atoms with Gasteiger partial charge in [-0.25, -0.2) is 0 Å². The largest absolute Gasteiger partial charge is 0.481 e. The number of carboxylic acid groups (broad SMARTS) is 1. The monoisotopic (exact) mass is 241 g/mol. The first kappa shape index (κ1) is 12.5. The van der Waals surface area contributed by atoms with Crippen molar-refractivity contribution in [2.75, 3.05) is 6.61 Å². The van der Waals surface area contributed by atoms with E-state index >= 15 is 0 Å². The fourth-order valence-electron chi connectivity index (χ4n) is 0.911. The van der Waals surface area contributed by atoms with Crippen LogP contribution in [0.3, 0.4) is 0 Å². The summed E-state index contributed by atoms with van der Waals surface area (Å²) in [5, 5.41) is 12.9. The van der Waals surface area contributed by atoms with Crippen LogP contribution < -0.4 is 0 Å². The van der Waals surface area contributed by atoms with Gasteiger partial charge >= 0.3 is 5.97 Å². The highest BCUT2D eigenvalue weighted by atomic mass is 35.5. The SMILES string of the molecule is C[C@@H](CO/N=C/c1cccc(Cl)c1)C(=O)O. The fourth-order valence-corrected chi connectivity index (χ4v) is 1.11. The summed E-state index contributed by atoms with van der Waals surface area (Å²) in [5.74, 6) is -1.48. The molecule has 4 nitrogen and oxygen atoms in total. The zero-order chi connectivity index (χ0) is 12.0. The molecule has 16 heavy (non-hydrogen) atoms. The first-order valence-electron chi connectivity index (χ1n) is 4.73. The summed E-state index contributed by atoms with van der Waals surface area (Å²) in [6.45, 7) is 1.60. The highest BCUT2D eigenvalue weighted by Gasteiger charge is 2.10. The smallest absolute Gasteiger partial charge is 0.309 e. The summed E-state index contributed by atoms with van der Waals surface area (Å²) in [5.41, 5.74) is 0.801. The third kappa shape index (κ3) is 4.31. The molecule has 0 amide bonds. The summed E-state index contributed by atoms with van der Waals surface area (Å²) >= 11 is 5.77. The van der Waals surface area contributed by atoms with E-state index in [2.05, 4.69) is 5.16 Å². The Labute approximate surface area is 98.5 Å². The van der Waals surface area contributed by atoms with Gasteiger partial charge in [-0.05, 0) is 24.6 Å². The molecule has 0 aliphatic carbocycles. The van der Waals surface area contributed by atoms with E-state index in [-0.39, 0.29) is 6.61 Å². The molecule has 0 aromatic heterocycles. The van der Waals surface area contributed by atoms with E-state index < -0.39 is 11.9 Å².